The van der Waals surface area contributed by atoms with Gasteiger partial charge in [-0.1, -0.05) is 20.3 Å². The number of nitrogens with zero attached hydrogens (tertiary/aromatic N) is 2. The molecular formula is C12H18N2O2S. The van der Waals surface area contributed by atoms with Gasteiger partial charge in [0.2, 0.25) is 0 Å². The predicted molar refractivity (Wildman–Crippen MR) is 68.9 cm³/mol. The number of piperidine rings is 1. The van der Waals surface area contributed by atoms with Crippen molar-refractivity contribution in [2.24, 2.45) is 5.41 Å². The zero-order valence-electron chi connectivity index (χ0n) is 10.3. The molecule has 0 bridgehead atoms. The van der Waals surface area contributed by atoms with Gasteiger partial charge in [-0.25, -0.2) is 9.78 Å². The number of hydrogen-bond donors (Lipinski definition) is 1. The monoisotopic (exact) mass is 254 g/mol. The van der Waals surface area contributed by atoms with Crippen LogP contribution >= 0.6 is 11.3 Å². The Morgan fingerprint density at radius 2 is 2.24 bits per heavy atom. The summed E-state index contributed by atoms with van der Waals surface area (Å²) in [6, 6.07) is 0. The summed E-state index contributed by atoms with van der Waals surface area (Å²) in [5.74, 6) is -0.942. The van der Waals surface area contributed by atoms with Crippen LogP contribution in [0.4, 0.5) is 5.13 Å². The SMILES string of the molecule is CCC1(C)CCN(c2nc(C(=O)O)cs2)CC1. The molecule has 0 aliphatic carbocycles. The van der Waals surface area contributed by atoms with Crippen molar-refractivity contribution in [3.05, 3.63) is 11.1 Å². The molecule has 1 aliphatic heterocycles. The van der Waals surface area contributed by atoms with E-state index in [4.69, 9.17) is 5.11 Å². The van der Waals surface area contributed by atoms with Gasteiger partial charge in [-0.05, 0) is 18.3 Å². The van der Waals surface area contributed by atoms with Crippen LogP contribution in [0.15, 0.2) is 5.38 Å². The van der Waals surface area contributed by atoms with E-state index < -0.39 is 5.97 Å². The van der Waals surface area contributed by atoms with Gasteiger partial charge in [0.25, 0.3) is 0 Å². The Bertz CT molecular complexity index is 408. The number of carboxylic acid groups (broad SMARTS) is 1. The zero-order valence-corrected chi connectivity index (χ0v) is 11.1. The molecule has 17 heavy (non-hydrogen) atoms. The summed E-state index contributed by atoms with van der Waals surface area (Å²) in [5.41, 5.74) is 0.609. The molecule has 0 unspecified atom stereocenters. The third-order valence-corrected chi connectivity index (χ3v) is 4.71. The second-order valence-corrected chi connectivity index (χ2v) is 5.81. The molecule has 2 rings (SSSR count). The van der Waals surface area contributed by atoms with E-state index in [1.807, 2.05) is 0 Å². The average molecular weight is 254 g/mol. The molecule has 5 heteroatoms. The Morgan fingerprint density at radius 1 is 1.59 bits per heavy atom. The van der Waals surface area contributed by atoms with Gasteiger partial charge >= 0.3 is 5.97 Å². The van der Waals surface area contributed by atoms with Crippen molar-refractivity contribution < 1.29 is 9.90 Å². The van der Waals surface area contributed by atoms with Crippen LogP contribution in [-0.2, 0) is 0 Å². The number of thiazole rings is 1. The molecule has 0 aromatic carbocycles. The van der Waals surface area contributed by atoms with Crippen LogP contribution in [0.25, 0.3) is 0 Å². The van der Waals surface area contributed by atoms with Gasteiger partial charge < -0.3 is 10.0 Å². The van der Waals surface area contributed by atoms with Gasteiger partial charge in [0, 0.05) is 18.5 Å². The lowest BCUT2D eigenvalue weighted by atomic mass is 9.78. The van der Waals surface area contributed by atoms with Crippen molar-refractivity contribution >= 4 is 22.4 Å². The molecule has 0 spiro atoms. The number of anilines is 1. The van der Waals surface area contributed by atoms with Crippen LogP contribution in [0.2, 0.25) is 0 Å². The molecule has 1 fully saturated rings. The molecule has 4 nitrogen and oxygen atoms in total. The normalized spacial score (nSPS) is 19.3. The maximum absolute atomic E-state index is 10.8. The largest absolute Gasteiger partial charge is 0.476 e. The summed E-state index contributed by atoms with van der Waals surface area (Å²) in [7, 11) is 0. The molecule has 1 aromatic rings. The summed E-state index contributed by atoms with van der Waals surface area (Å²) in [6.45, 7) is 6.53. The molecule has 0 saturated carbocycles. The van der Waals surface area contributed by atoms with E-state index in [1.165, 1.54) is 17.8 Å². The van der Waals surface area contributed by atoms with Gasteiger partial charge in [-0.15, -0.1) is 11.3 Å². The first-order chi connectivity index (χ1) is 8.04. The van der Waals surface area contributed by atoms with E-state index in [-0.39, 0.29) is 5.69 Å². The quantitative estimate of drug-likeness (QED) is 0.901. The Balaban J connectivity index is 2.03. The first kappa shape index (κ1) is 12.4. The Morgan fingerprint density at radius 3 is 2.71 bits per heavy atom. The maximum atomic E-state index is 10.8. The number of aromatic carboxylic acids is 1. The van der Waals surface area contributed by atoms with Gasteiger partial charge in [0.05, 0.1) is 0 Å². The number of rotatable bonds is 3. The standard InChI is InChI=1S/C12H18N2O2S/c1-3-12(2)4-6-14(7-5-12)11-13-9(8-17-11)10(15)16/h8H,3-7H2,1-2H3,(H,15,16). The topological polar surface area (TPSA) is 53.4 Å². The van der Waals surface area contributed by atoms with Crippen LogP contribution in [0, 0.1) is 5.41 Å². The highest BCUT2D eigenvalue weighted by Crippen LogP contribution is 2.36. The molecular weight excluding hydrogens is 236 g/mol. The summed E-state index contributed by atoms with van der Waals surface area (Å²) < 4.78 is 0. The van der Waals surface area contributed by atoms with Crippen molar-refractivity contribution in [1.29, 1.82) is 0 Å². The Labute approximate surface area is 105 Å². The summed E-state index contributed by atoms with van der Waals surface area (Å²) >= 11 is 1.43. The number of carbonyl (C=O) groups is 1. The highest BCUT2D eigenvalue weighted by molar-refractivity contribution is 7.13. The molecule has 0 atom stereocenters. The van der Waals surface area contributed by atoms with E-state index in [9.17, 15) is 4.79 Å². The highest BCUT2D eigenvalue weighted by atomic mass is 32.1. The Hall–Kier alpha value is -1.10. The summed E-state index contributed by atoms with van der Waals surface area (Å²) in [4.78, 5) is 17.1. The summed E-state index contributed by atoms with van der Waals surface area (Å²) in [6.07, 6.45) is 3.52. The minimum Gasteiger partial charge on any atom is -0.476 e. The van der Waals surface area contributed by atoms with Crippen LogP contribution in [0.5, 0.6) is 0 Å². The lowest BCUT2D eigenvalue weighted by Crippen LogP contribution is -2.38. The molecule has 94 valence electrons. The minimum absolute atomic E-state index is 0.161. The van der Waals surface area contributed by atoms with Crippen molar-refractivity contribution in [3.8, 4) is 0 Å². The van der Waals surface area contributed by atoms with Crippen molar-refractivity contribution in [1.82, 2.24) is 4.98 Å². The first-order valence-corrected chi connectivity index (χ1v) is 6.86. The number of carboxylic acids is 1. The molecule has 1 aliphatic rings. The lowest BCUT2D eigenvalue weighted by molar-refractivity contribution is 0.0691. The second-order valence-electron chi connectivity index (χ2n) is 4.97. The smallest absolute Gasteiger partial charge is 0.355 e. The fourth-order valence-electron chi connectivity index (χ4n) is 2.10. The zero-order chi connectivity index (χ0) is 12.5. The van der Waals surface area contributed by atoms with Crippen molar-refractivity contribution in [3.63, 3.8) is 0 Å². The van der Waals surface area contributed by atoms with Gasteiger partial charge in [-0.2, -0.15) is 0 Å². The molecule has 1 aromatic heterocycles. The van der Waals surface area contributed by atoms with E-state index in [2.05, 4.69) is 23.7 Å². The highest BCUT2D eigenvalue weighted by Gasteiger charge is 2.29. The van der Waals surface area contributed by atoms with Crippen LogP contribution in [-0.4, -0.2) is 29.1 Å². The van der Waals surface area contributed by atoms with Crippen LogP contribution in [0.3, 0.4) is 0 Å². The molecule has 1 N–H and O–H groups in total. The number of aromatic nitrogens is 1. The van der Waals surface area contributed by atoms with E-state index in [1.54, 1.807) is 5.38 Å². The van der Waals surface area contributed by atoms with E-state index >= 15 is 0 Å². The molecule has 0 amide bonds. The number of hydrogen-bond acceptors (Lipinski definition) is 4. The second kappa shape index (κ2) is 4.64. The minimum atomic E-state index is -0.942. The van der Waals surface area contributed by atoms with Gasteiger partial charge in [0.15, 0.2) is 10.8 Å². The fraction of sp³-hybridized carbons (Fsp3) is 0.667. The van der Waals surface area contributed by atoms with Crippen molar-refractivity contribution in [2.45, 2.75) is 33.1 Å². The Kier molecular flexibility index (Phi) is 3.38. The van der Waals surface area contributed by atoms with Gasteiger partial charge in [-0.3, -0.25) is 0 Å². The molecule has 1 saturated heterocycles. The van der Waals surface area contributed by atoms with Crippen LogP contribution in [0.1, 0.15) is 43.6 Å². The lowest BCUT2D eigenvalue weighted by Gasteiger charge is -2.38. The van der Waals surface area contributed by atoms with Crippen molar-refractivity contribution in [2.75, 3.05) is 18.0 Å². The van der Waals surface area contributed by atoms with E-state index in [0.717, 1.165) is 31.1 Å². The first-order valence-electron chi connectivity index (χ1n) is 5.98. The van der Waals surface area contributed by atoms with Crippen LogP contribution < -0.4 is 4.90 Å². The summed E-state index contributed by atoms with van der Waals surface area (Å²) in [5, 5.41) is 11.3. The molecule has 2 heterocycles. The third kappa shape index (κ3) is 2.60. The maximum Gasteiger partial charge on any atom is 0.355 e. The van der Waals surface area contributed by atoms with Gasteiger partial charge in [0.1, 0.15) is 0 Å². The molecule has 0 radical (unpaired) electrons. The van der Waals surface area contributed by atoms with E-state index in [0.29, 0.717) is 5.41 Å². The predicted octanol–water partition coefficient (Wildman–Crippen LogP) is 2.86. The average Bonchev–Trinajstić information content (AvgIpc) is 2.79. The third-order valence-electron chi connectivity index (χ3n) is 3.81. The fourth-order valence-corrected chi connectivity index (χ4v) is 2.95.